The lowest BCUT2D eigenvalue weighted by Crippen LogP contribution is -2.12. The van der Waals surface area contributed by atoms with E-state index in [4.69, 9.17) is 0 Å². The molecule has 0 atom stereocenters. The van der Waals surface area contributed by atoms with E-state index in [0.29, 0.717) is 5.13 Å². The minimum Gasteiger partial charge on any atom is -0.296 e. The molecule has 4 aromatic rings. The van der Waals surface area contributed by atoms with Gasteiger partial charge in [0.15, 0.2) is 10.8 Å². The topological polar surface area (TPSA) is 85.6 Å². The molecule has 7 nitrogen and oxygen atoms in total. The first-order chi connectivity index (χ1) is 12.3. The SMILES string of the molecule is O=C(Nc1nc(-c2cccnc2)cs1)c1cn(-c2ccccc2)nn1. The molecule has 0 saturated carbocycles. The third-order valence-corrected chi connectivity index (χ3v) is 4.19. The number of hydrogen-bond acceptors (Lipinski definition) is 6. The van der Waals surface area contributed by atoms with Crippen molar-refractivity contribution in [3.8, 4) is 16.9 Å². The van der Waals surface area contributed by atoms with E-state index in [2.05, 4.69) is 25.6 Å². The molecule has 0 unspecified atom stereocenters. The average Bonchev–Trinajstić information content (AvgIpc) is 3.33. The van der Waals surface area contributed by atoms with Crippen molar-refractivity contribution in [1.82, 2.24) is 25.0 Å². The Hall–Kier alpha value is -3.39. The molecule has 122 valence electrons. The van der Waals surface area contributed by atoms with Crippen LogP contribution in [-0.2, 0) is 0 Å². The van der Waals surface area contributed by atoms with E-state index >= 15 is 0 Å². The minimum absolute atomic E-state index is 0.224. The van der Waals surface area contributed by atoms with E-state index in [1.165, 1.54) is 11.3 Å². The predicted octanol–water partition coefficient (Wildman–Crippen LogP) is 3.04. The largest absolute Gasteiger partial charge is 0.296 e. The summed E-state index contributed by atoms with van der Waals surface area (Å²) < 4.78 is 1.55. The molecule has 0 fully saturated rings. The Labute approximate surface area is 147 Å². The molecule has 0 bridgehead atoms. The van der Waals surface area contributed by atoms with Gasteiger partial charge in [-0.3, -0.25) is 15.1 Å². The molecular formula is C17H12N6OS. The van der Waals surface area contributed by atoms with Crippen LogP contribution in [0.25, 0.3) is 16.9 Å². The van der Waals surface area contributed by atoms with Crippen molar-refractivity contribution < 1.29 is 4.79 Å². The second kappa shape index (κ2) is 6.62. The van der Waals surface area contributed by atoms with E-state index < -0.39 is 0 Å². The molecule has 0 saturated heterocycles. The molecule has 3 aromatic heterocycles. The smallest absolute Gasteiger partial charge is 0.279 e. The molecule has 8 heteroatoms. The fourth-order valence-corrected chi connectivity index (χ4v) is 2.93. The summed E-state index contributed by atoms with van der Waals surface area (Å²) in [5, 5.41) is 13.0. The van der Waals surface area contributed by atoms with Gasteiger partial charge >= 0.3 is 0 Å². The first kappa shape index (κ1) is 15.2. The first-order valence-electron chi connectivity index (χ1n) is 7.45. The summed E-state index contributed by atoms with van der Waals surface area (Å²) in [6.07, 6.45) is 5.01. The summed E-state index contributed by atoms with van der Waals surface area (Å²) >= 11 is 1.34. The molecule has 0 aliphatic heterocycles. The molecule has 0 radical (unpaired) electrons. The molecule has 1 amide bonds. The van der Waals surface area contributed by atoms with Crippen molar-refractivity contribution in [2.24, 2.45) is 0 Å². The van der Waals surface area contributed by atoms with Crippen LogP contribution in [0.1, 0.15) is 10.5 Å². The van der Waals surface area contributed by atoms with Gasteiger partial charge in [0.1, 0.15) is 0 Å². The van der Waals surface area contributed by atoms with Crippen LogP contribution in [0.5, 0.6) is 0 Å². The Balaban J connectivity index is 1.50. The fraction of sp³-hybridized carbons (Fsp3) is 0. The predicted molar refractivity (Wildman–Crippen MR) is 94.7 cm³/mol. The maximum atomic E-state index is 12.3. The molecule has 1 N–H and O–H groups in total. The highest BCUT2D eigenvalue weighted by Gasteiger charge is 2.14. The Morgan fingerprint density at radius 3 is 2.80 bits per heavy atom. The lowest BCUT2D eigenvalue weighted by molar-refractivity contribution is 0.102. The molecular weight excluding hydrogens is 336 g/mol. The Bertz CT molecular complexity index is 996. The van der Waals surface area contributed by atoms with Crippen LogP contribution in [0.3, 0.4) is 0 Å². The summed E-state index contributed by atoms with van der Waals surface area (Å²) in [6.45, 7) is 0. The zero-order valence-corrected chi connectivity index (χ0v) is 13.7. The highest BCUT2D eigenvalue weighted by molar-refractivity contribution is 7.14. The second-order valence-electron chi connectivity index (χ2n) is 5.12. The van der Waals surface area contributed by atoms with E-state index in [9.17, 15) is 4.79 Å². The fourth-order valence-electron chi connectivity index (χ4n) is 2.21. The Morgan fingerprint density at radius 1 is 1.12 bits per heavy atom. The molecule has 0 aliphatic carbocycles. The van der Waals surface area contributed by atoms with Crippen LogP contribution in [0.15, 0.2) is 66.4 Å². The molecule has 1 aromatic carbocycles. The van der Waals surface area contributed by atoms with Gasteiger partial charge in [-0.15, -0.1) is 16.4 Å². The number of pyridine rings is 1. The van der Waals surface area contributed by atoms with Gasteiger partial charge in [-0.1, -0.05) is 23.4 Å². The zero-order chi connectivity index (χ0) is 17.1. The van der Waals surface area contributed by atoms with Crippen molar-refractivity contribution in [2.75, 3.05) is 5.32 Å². The van der Waals surface area contributed by atoms with Crippen molar-refractivity contribution in [3.63, 3.8) is 0 Å². The number of nitrogens with one attached hydrogen (secondary N) is 1. The van der Waals surface area contributed by atoms with Crippen molar-refractivity contribution in [1.29, 1.82) is 0 Å². The molecule has 4 rings (SSSR count). The standard InChI is InChI=1S/C17H12N6OS/c24-16(14-10-23(22-21-14)13-6-2-1-3-7-13)20-17-19-15(11-25-17)12-5-4-8-18-9-12/h1-11H,(H,19,20,24). The lowest BCUT2D eigenvalue weighted by atomic mass is 10.2. The third-order valence-electron chi connectivity index (χ3n) is 3.43. The van der Waals surface area contributed by atoms with Crippen LogP contribution >= 0.6 is 11.3 Å². The number of nitrogens with zero attached hydrogens (tertiary/aromatic N) is 5. The number of thiazole rings is 1. The number of anilines is 1. The normalized spacial score (nSPS) is 10.6. The summed E-state index contributed by atoms with van der Waals surface area (Å²) in [6, 6.07) is 13.2. The van der Waals surface area contributed by atoms with E-state index in [1.807, 2.05) is 47.8 Å². The molecule has 0 spiro atoms. The van der Waals surface area contributed by atoms with Gasteiger partial charge in [-0.05, 0) is 24.3 Å². The van der Waals surface area contributed by atoms with Crippen LogP contribution in [0.4, 0.5) is 5.13 Å². The van der Waals surface area contributed by atoms with E-state index in [-0.39, 0.29) is 11.6 Å². The van der Waals surface area contributed by atoms with Gasteiger partial charge in [0.2, 0.25) is 0 Å². The molecule has 25 heavy (non-hydrogen) atoms. The maximum absolute atomic E-state index is 12.3. The summed E-state index contributed by atoms with van der Waals surface area (Å²) in [7, 11) is 0. The number of aromatic nitrogens is 5. The number of para-hydroxylation sites is 1. The van der Waals surface area contributed by atoms with Crippen molar-refractivity contribution in [3.05, 3.63) is 72.1 Å². The first-order valence-corrected chi connectivity index (χ1v) is 8.32. The molecule has 0 aliphatic rings. The highest BCUT2D eigenvalue weighted by Crippen LogP contribution is 2.24. The van der Waals surface area contributed by atoms with Crippen LogP contribution < -0.4 is 5.32 Å². The number of carbonyl (C=O) groups excluding carboxylic acids is 1. The number of benzene rings is 1. The van der Waals surface area contributed by atoms with Gasteiger partial charge in [-0.2, -0.15) is 0 Å². The zero-order valence-electron chi connectivity index (χ0n) is 12.9. The van der Waals surface area contributed by atoms with Gasteiger partial charge in [-0.25, -0.2) is 9.67 Å². The highest BCUT2D eigenvalue weighted by atomic mass is 32.1. The maximum Gasteiger partial charge on any atom is 0.279 e. The van der Waals surface area contributed by atoms with Crippen molar-refractivity contribution >= 4 is 22.4 Å². The number of amides is 1. The summed E-state index contributed by atoms with van der Waals surface area (Å²) in [5.41, 5.74) is 2.72. The van der Waals surface area contributed by atoms with Gasteiger partial charge in [0.25, 0.3) is 5.91 Å². The van der Waals surface area contributed by atoms with E-state index in [0.717, 1.165) is 16.9 Å². The van der Waals surface area contributed by atoms with Gasteiger partial charge in [0, 0.05) is 23.3 Å². The lowest BCUT2D eigenvalue weighted by Gasteiger charge is -1.98. The second-order valence-corrected chi connectivity index (χ2v) is 5.98. The quantitative estimate of drug-likeness (QED) is 0.613. The van der Waals surface area contributed by atoms with Crippen LogP contribution in [0, 0.1) is 0 Å². The number of hydrogen-bond donors (Lipinski definition) is 1. The molecule has 3 heterocycles. The summed E-state index contributed by atoms with van der Waals surface area (Å²) in [5.74, 6) is -0.353. The minimum atomic E-state index is -0.353. The van der Waals surface area contributed by atoms with Crippen molar-refractivity contribution in [2.45, 2.75) is 0 Å². The van der Waals surface area contributed by atoms with Crippen LogP contribution in [-0.4, -0.2) is 30.9 Å². The van der Waals surface area contributed by atoms with Gasteiger partial charge in [0.05, 0.1) is 17.6 Å². The van der Waals surface area contributed by atoms with E-state index in [1.54, 1.807) is 23.3 Å². The Kier molecular flexibility index (Phi) is 4.01. The number of carbonyl (C=O) groups is 1. The summed E-state index contributed by atoms with van der Waals surface area (Å²) in [4.78, 5) is 20.8. The monoisotopic (exact) mass is 348 g/mol. The Morgan fingerprint density at radius 2 is 2.00 bits per heavy atom. The number of rotatable bonds is 4. The average molecular weight is 348 g/mol. The third kappa shape index (κ3) is 3.29. The van der Waals surface area contributed by atoms with Crippen LogP contribution in [0.2, 0.25) is 0 Å². The van der Waals surface area contributed by atoms with Gasteiger partial charge < -0.3 is 0 Å².